The van der Waals surface area contributed by atoms with Gasteiger partial charge in [-0.2, -0.15) is 0 Å². The van der Waals surface area contributed by atoms with Crippen molar-refractivity contribution < 1.29 is 55.4 Å². The number of allylic oxidation sites excluding steroid dienone is 2. The van der Waals surface area contributed by atoms with Crippen LogP contribution in [0.25, 0.3) is 22.6 Å². The molecule has 4 aromatic carbocycles. The largest absolute Gasteiger partial charge is 0.508 e. The van der Waals surface area contributed by atoms with E-state index >= 15 is 8.78 Å². The molecule has 2 aliphatic carbocycles. The van der Waals surface area contributed by atoms with Crippen LogP contribution in [-0.2, 0) is 19.2 Å². The van der Waals surface area contributed by atoms with Gasteiger partial charge in [0.25, 0.3) is 11.8 Å². The third-order valence-corrected chi connectivity index (χ3v) is 12.9. The molecule has 3 heterocycles. The highest BCUT2D eigenvalue weighted by molar-refractivity contribution is 6.58. The number of benzene rings is 4. The third-order valence-electron chi connectivity index (χ3n) is 11.4. The molecule has 0 radical (unpaired) electrons. The summed E-state index contributed by atoms with van der Waals surface area (Å²) >= 11 is 14.4. The number of amides is 4. The van der Waals surface area contributed by atoms with Crippen LogP contribution >= 0.6 is 23.2 Å². The fourth-order valence-corrected chi connectivity index (χ4v) is 9.81. The number of carbonyl (C=O) groups excluding carboxylic acids is 4. The van der Waals surface area contributed by atoms with E-state index in [1.165, 1.54) is 43.5 Å². The topological polar surface area (TPSA) is 130 Å². The summed E-state index contributed by atoms with van der Waals surface area (Å²) in [6.45, 7) is 0. The number of oxazole rings is 1. The van der Waals surface area contributed by atoms with Gasteiger partial charge in [0.2, 0.25) is 23.5 Å². The van der Waals surface area contributed by atoms with Crippen molar-refractivity contribution in [2.24, 2.45) is 17.8 Å². The highest BCUT2D eigenvalue weighted by Crippen LogP contribution is 2.67. The summed E-state index contributed by atoms with van der Waals surface area (Å²) in [4.78, 5) is 57.2. The molecule has 3 fully saturated rings. The predicted molar refractivity (Wildman–Crippen MR) is 193 cm³/mol. The first-order valence-corrected chi connectivity index (χ1v) is 18.1. The Morgan fingerprint density at radius 2 is 1.47 bits per heavy atom. The van der Waals surface area contributed by atoms with Crippen LogP contribution in [0.2, 0.25) is 0 Å². The van der Waals surface area contributed by atoms with E-state index in [9.17, 15) is 37.5 Å². The van der Waals surface area contributed by atoms with E-state index in [4.69, 9.17) is 32.4 Å². The van der Waals surface area contributed by atoms with Crippen LogP contribution in [0.4, 0.5) is 33.3 Å². The number of para-hydroxylation sites is 2. The van der Waals surface area contributed by atoms with Gasteiger partial charge in [0.05, 0.1) is 24.6 Å². The van der Waals surface area contributed by atoms with Crippen LogP contribution in [0.5, 0.6) is 11.5 Å². The number of hydrogen-bond donors (Lipinski definition) is 1. The molecule has 9 rings (SSSR count). The van der Waals surface area contributed by atoms with Crippen molar-refractivity contribution in [1.82, 2.24) is 4.98 Å². The molecular weight excluding hydrogens is 800 g/mol. The predicted octanol–water partition coefficient (Wildman–Crippen LogP) is 7.67. The monoisotopic (exact) mass is 823 g/mol. The van der Waals surface area contributed by atoms with E-state index in [1.807, 2.05) is 0 Å². The summed E-state index contributed by atoms with van der Waals surface area (Å²) < 4.78 is 85.3. The number of anilines is 2. The van der Waals surface area contributed by atoms with Gasteiger partial charge in [-0.15, -0.1) is 23.2 Å². The molecule has 1 N–H and O–H groups in total. The smallest absolute Gasteiger partial charge is 0.258 e. The first-order chi connectivity index (χ1) is 27.1. The number of aromatic nitrogens is 1. The first kappa shape index (κ1) is 36.8. The maximum atomic E-state index is 15.4. The summed E-state index contributed by atoms with van der Waals surface area (Å²) in [5, 5.41) is 11.3. The molecule has 17 heteroatoms. The highest BCUT2D eigenvalue weighted by Gasteiger charge is 2.77. The van der Waals surface area contributed by atoms with Crippen LogP contribution in [-0.4, -0.2) is 50.6 Å². The molecule has 0 bridgehead atoms. The number of aromatic hydroxyl groups is 1. The average molecular weight is 825 g/mol. The minimum atomic E-state index is -2.83. The van der Waals surface area contributed by atoms with Gasteiger partial charge in [-0.05, 0) is 67.3 Å². The molecule has 57 heavy (non-hydrogen) atoms. The zero-order chi connectivity index (χ0) is 40.5. The van der Waals surface area contributed by atoms with Gasteiger partial charge in [0.15, 0.2) is 38.6 Å². The zero-order valence-corrected chi connectivity index (χ0v) is 30.5. The van der Waals surface area contributed by atoms with Gasteiger partial charge in [0.1, 0.15) is 22.7 Å². The second-order valence-corrected chi connectivity index (χ2v) is 15.4. The van der Waals surface area contributed by atoms with E-state index in [0.29, 0.717) is 22.6 Å². The van der Waals surface area contributed by atoms with Crippen molar-refractivity contribution in [1.29, 1.82) is 0 Å². The summed E-state index contributed by atoms with van der Waals surface area (Å²) in [7, 11) is 1.22. The van der Waals surface area contributed by atoms with Crippen molar-refractivity contribution in [3.63, 3.8) is 0 Å². The van der Waals surface area contributed by atoms with Crippen molar-refractivity contribution in [2.75, 3.05) is 16.9 Å². The molecule has 1 aromatic heterocycles. The van der Waals surface area contributed by atoms with Crippen LogP contribution in [0.15, 0.2) is 82.8 Å². The second-order valence-electron chi connectivity index (χ2n) is 14.1. The summed E-state index contributed by atoms with van der Waals surface area (Å²) in [6, 6.07) is 17.4. The Morgan fingerprint density at radius 3 is 2.14 bits per heavy atom. The standard InChI is InChI=1S/C40H24Cl2F5N3O7/c1-56-24-8-4-6-22(51)26(24)27-18-13-14-19-25(36(53)49(35(19)52)17-11-9-16(10-12-17)34-48-21-5-2-3-7-23(21)57-34)20(18)15-39(41)37(54)50(38(55)40(27,39)42)33-31(46)29(44)28(43)30(45)32(33)47/h2-13,19-20,25,27,51H,14-15H2,1H3/t19-,20+,25-,27+,39+,40-/m0/s1. The molecule has 290 valence electrons. The lowest BCUT2D eigenvalue weighted by molar-refractivity contribution is -0.125. The summed E-state index contributed by atoms with van der Waals surface area (Å²) in [6.07, 6.45) is 0.709. The number of imide groups is 2. The fraction of sp³-hybridized carbons (Fsp3) is 0.225. The third kappa shape index (κ3) is 4.78. The normalized spacial score (nSPS) is 26.8. The number of alkyl halides is 2. The number of nitrogens with zero attached hydrogens (tertiary/aromatic N) is 3. The van der Waals surface area contributed by atoms with Gasteiger partial charge < -0.3 is 14.3 Å². The van der Waals surface area contributed by atoms with E-state index < -0.39 is 104 Å². The van der Waals surface area contributed by atoms with Gasteiger partial charge in [-0.1, -0.05) is 29.8 Å². The average Bonchev–Trinajstić information content (AvgIpc) is 3.80. The van der Waals surface area contributed by atoms with Crippen LogP contribution < -0.4 is 14.5 Å². The molecule has 10 nitrogen and oxygen atoms in total. The van der Waals surface area contributed by atoms with Crippen LogP contribution in [0.1, 0.15) is 24.3 Å². The number of methoxy groups -OCH3 is 1. The van der Waals surface area contributed by atoms with Gasteiger partial charge in [-0.25, -0.2) is 31.8 Å². The van der Waals surface area contributed by atoms with E-state index in [-0.39, 0.29) is 33.9 Å². The SMILES string of the molecule is COc1cccc(O)c1[C@H]1C2=CC[C@@H]3C(=O)N(c4ccc(-c5nc6ccccc6o5)cc4)C(=O)[C@@H]3[C@@H]2C[C@@]2(Cl)C(=O)N(c3c(F)c(F)c(F)c(F)c3F)C(=O)[C@@]12Cl. The van der Waals surface area contributed by atoms with Gasteiger partial charge in [-0.3, -0.25) is 24.1 Å². The fourth-order valence-electron chi connectivity index (χ4n) is 8.89. The first-order valence-electron chi connectivity index (χ1n) is 17.3. The van der Waals surface area contributed by atoms with E-state index in [2.05, 4.69) is 4.98 Å². The Bertz CT molecular complexity index is 2610. The molecular formula is C40H24Cl2F5N3O7. The maximum absolute atomic E-state index is 15.4. The van der Waals surface area contributed by atoms with Crippen molar-refractivity contribution in [3.8, 4) is 23.0 Å². The summed E-state index contributed by atoms with van der Waals surface area (Å²) in [5.41, 5.74) is -0.0719. The molecule has 2 aliphatic heterocycles. The highest BCUT2D eigenvalue weighted by atomic mass is 35.5. The Balaban J connectivity index is 1.16. The molecule has 2 saturated heterocycles. The number of hydrogen-bond acceptors (Lipinski definition) is 8. The van der Waals surface area contributed by atoms with E-state index in [0.717, 1.165) is 4.90 Å². The molecule has 5 aromatic rings. The molecule has 0 spiro atoms. The lowest BCUT2D eigenvalue weighted by Gasteiger charge is -2.50. The number of fused-ring (bicyclic) bond motifs is 5. The number of halogens is 7. The van der Waals surface area contributed by atoms with Crippen molar-refractivity contribution >= 4 is 69.3 Å². The molecule has 4 amide bonds. The Kier molecular flexibility index (Phi) is 8.14. The quantitative estimate of drug-likeness (QED) is 0.0478. The Labute approximate surface area is 328 Å². The number of phenols is 1. The number of phenolic OH excluding ortho intramolecular Hbond substituents is 1. The molecule has 0 unspecified atom stereocenters. The second kappa shape index (κ2) is 12.6. The van der Waals surface area contributed by atoms with Crippen molar-refractivity contribution in [2.45, 2.75) is 28.5 Å². The lowest BCUT2D eigenvalue weighted by Crippen LogP contribution is -2.60. The van der Waals surface area contributed by atoms with Gasteiger partial charge >= 0.3 is 0 Å². The van der Waals surface area contributed by atoms with Gasteiger partial charge in [0, 0.05) is 17.0 Å². The minimum absolute atomic E-state index is 0.0906. The Morgan fingerprint density at radius 1 is 0.807 bits per heavy atom. The van der Waals surface area contributed by atoms with E-state index in [1.54, 1.807) is 36.4 Å². The zero-order valence-electron chi connectivity index (χ0n) is 29.0. The van der Waals surface area contributed by atoms with Crippen molar-refractivity contribution in [3.05, 3.63) is 113 Å². The molecule has 6 atom stereocenters. The molecule has 1 saturated carbocycles. The summed E-state index contributed by atoms with van der Waals surface area (Å²) in [5.74, 6) is -22.6. The Hall–Kier alpha value is -5.80. The van der Waals surface area contributed by atoms with Crippen LogP contribution in [0.3, 0.4) is 0 Å². The van der Waals surface area contributed by atoms with Crippen LogP contribution in [0, 0.1) is 46.8 Å². The minimum Gasteiger partial charge on any atom is -0.508 e. The number of rotatable bonds is 5. The lowest BCUT2D eigenvalue weighted by atomic mass is 9.56. The number of ether oxygens (including phenoxy) is 1. The number of carbonyl (C=O) groups is 4. The maximum Gasteiger partial charge on any atom is 0.258 e. The molecule has 4 aliphatic rings.